The Morgan fingerprint density at radius 1 is 1.15 bits per heavy atom. The van der Waals surface area contributed by atoms with Crippen molar-refractivity contribution in [3.05, 3.63) is 59.9 Å². The summed E-state index contributed by atoms with van der Waals surface area (Å²) in [5, 5.41) is 1.39. The molecule has 0 saturated carbocycles. The molecule has 0 unspecified atom stereocenters. The molecule has 0 aromatic heterocycles. The van der Waals surface area contributed by atoms with Crippen LogP contribution in [0.4, 0.5) is 4.39 Å². The number of ether oxygens (including phenoxy) is 1. The lowest BCUT2D eigenvalue weighted by molar-refractivity contribution is -0.126. The summed E-state index contributed by atoms with van der Waals surface area (Å²) < 4.78 is 51.2. The first-order chi connectivity index (χ1) is 12.5. The number of hydrogen-bond acceptors (Lipinski definition) is 6. The van der Waals surface area contributed by atoms with E-state index in [1.165, 1.54) is 17.2 Å². The van der Waals surface area contributed by atoms with Gasteiger partial charge in [0, 0.05) is 12.6 Å². The summed E-state index contributed by atoms with van der Waals surface area (Å²) in [6.45, 7) is 0.523. The maximum atomic E-state index is 13.2. The summed E-state index contributed by atoms with van der Waals surface area (Å²) in [5.74, 6) is 1.05. The third-order valence-electron chi connectivity index (χ3n) is 4.51. The molecule has 0 aliphatic carbocycles. The van der Waals surface area contributed by atoms with Gasteiger partial charge in [-0.1, -0.05) is 18.2 Å². The predicted octanol–water partition coefficient (Wildman–Crippen LogP) is 3.41. The number of benzene rings is 2. The van der Waals surface area contributed by atoms with E-state index in [0.717, 1.165) is 18.4 Å². The van der Waals surface area contributed by atoms with Gasteiger partial charge in [0.05, 0.1) is 0 Å². The van der Waals surface area contributed by atoms with Crippen molar-refractivity contribution >= 4 is 10.4 Å². The third-order valence-corrected chi connectivity index (χ3v) is 5.34. The predicted molar refractivity (Wildman–Crippen MR) is 90.9 cm³/mol. The summed E-state index contributed by atoms with van der Waals surface area (Å²) >= 11 is 0. The van der Waals surface area contributed by atoms with E-state index in [9.17, 15) is 12.8 Å². The number of hydroxylamine groups is 2. The van der Waals surface area contributed by atoms with Crippen molar-refractivity contribution in [2.45, 2.75) is 25.5 Å². The molecule has 0 radical (unpaired) electrons. The van der Waals surface area contributed by atoms with Gasteiger partial charge >= 0.3 is 10.4 Å². The topological polar surface area (TPSA) is 65.1 Å². The molecule has 4 rings (SSSR count). The fraction of sp³-hybridized carbons (Fsp3) is 0.333. The Balaban J connectivity index is 1.36. The Kier molecular flexibility index (Phi) is 4.66. The van der Waals surface area contributed by atoms with Crippen LogP contribution in [0.5, 0.6) is 11.5 Å². The Morgan fingerprint density at radius 3 is 2.73 bits per heavy atom. The Morgan fingerprint density at radius 2 is 1.96 bits per heavy atom. The maximum Gasteiger partial charge on any atom is 0.418 e. The van der Waals surface area contributed by atoms with Gasteiger partial charge in [-0.05, 0) is 55.0 Å². The number of hydrogen-bond donors (Lipinski definition) is 0. The molecular weight excluding hydrogens is 361 g/mol. The van der Waals surface area contributed by atoms with Crippen LogP contribution in [0.25, 0.3) is 0 Å². The van der Waals surface area contributed by atoms with E-state index < -0.39 is 16.6 Å². The molecular formula is C18H18FNO5S. The zero-order chi connectivity index (χ0) is 18.1. The van der Waals surface area contributed by atoms with Crippen molar-refractivity contribution < 1.29 is 26.0 Å². The maximum absolute atomic E-state index is 13.2. The van der Waals surface area contributed by atoms with Gasteiger partial charge < -0.3 is 4.74 Å². The van der Waals surface area contributed by atoms with Gasteiger partial charge in [-0.25, -0.2) is 8.57 Å². The zero-order valence-electron chi connectivity index (χ0n) is 13.9. The molecule has 2 aliphatic heterocycles. The molecule has 0 amide bonds. The molecule has 0 spiro atoms. The molecule has 2 aliphatic rings. The number of nitrogens with zero attached hydrogens (tertiary/aromatic N) is 1. The molecule has 2 heterocycles. The van der Waals surface area contributed by atoms with Crippen molar-refractivity contribution in [3.8, 4) is 11.5 Å². The molecule has 2 fully saturated rings. The fourth-order valence-corrected chi connectivity index (χ4v) is 4.18. The highest BCUT2D eigenvalue weighted by molar-refractivity contribution is 7.82. The summed E-state index contributed by atoms with van der Waals surface area (Å²) in [5.41, 5.74) is 1.12. The van der Waals surface area contributed by atoms with Crippen LogP contribution in [0.15, 0.2) is 48.5 Å². The van der Waals surface area contributed by atoms with Crippen LogP contribution in [-0.2, 0) is 25.3 Å². The quantitative estimate of drug-likeness (QED) is 0.811. The Bertz CT molecular complexity index is 887. The zero-order valence-corrected chi connectivity index (χ0v) is 14.7. The summed E-state index contributed by atoms with van der Waals surface area (Å²) in [6, 6.07) is 13.6. The van der Waals surface area contributed by atoms with Crippen LogP contribution in [0.3, 0.4) is 0 Å². The number of fused-ring (bicyclic) bond motifs is 1. The van der Waals surface area contributed by atoms with Crippen molar-refractivity contribution in [1.82, 2.24) is 5.06 Å². The van der Waals surface area contributed by atoms with Gasteiger partial charge in [0.25, 0.3) is 0 Å². The number of piperidine rings is 1. The van der Waals surface area contributed by atoms with Gasteiger partial charge in [0.15, 0.2) is 6.23 Å². The summed E-state index contributed by atoms with van der Waals surface area (Å²) in [7, 11) is -3.88. The second-order valence-electron chi connectivity index (χ2n) is 6.47. The first-order valence-corrected chi connectivity index (χ1v) is 9.72. The highest BCUT2D eigenvalue weighted by Crippen LogP contribution is 2.33. The molecule has 26 heavy (non-hydrogen) atoms. The van der Waals surface area contributed by atoms with Crippen LogP contribution < -0.4 is 4.74 Å². The van der Waals surface area contributed by atoms with Crippen LogP contribution in [0, 0.1) is 11.7 Å². The second-order valence-corrected chi connectivity index (χ2v) is 7.63. The van der Waals surface area contributed by atoms with Gasteiger partial charge in [0.2, 0.25) is 0 Å². The van der Waals surface area contributed by atoms with E-state index in [-0.39, 0.29) is 5.82 Å². The average molecular weight is 379 g/mol. The van der Waals surface area contributed by atoms with Crippen molar-refractivity contribution in [2.75, 3.05) is 6.54 Å². The third kappa shape index (κ3) is 4.04. The Labute approximate surface area is 151 Å². The standard InChI is InChI=1S/C18H18FNO5S/c19-15-2-1-3-17(12-15)23-16-6-4-13(5-7-16)10-14-8-9-20-18(11-14)24-26(21,22)25-20/h1-7,12,14,18H,8-11H2/t14-,18+/m1/s1. The molecule has 2 atom stereocenters. The minimum Gasteiger partial charge on any atom is -0.457 e. The average Bonchev–Trinajstić information content (AvgIpc) is 2.90. The molecule has 8 heteroatoms. The molecule has 6 nitrogen and oxygen atoms in total. The molecule has 2 saturated heterocycles. The molecule has 2 aromatic carbocycles. The molecule has 2 aromatic rings. The highest BCUT2D eigenvalue weighted by Gasteiger charge is 2.42. The summed E-state index contributed by atoms with van der Waals surface area (Å²) in [4.78, 5) is 0. The van der Waals surface area contributed by atoms with Crippen molar-refractivity contribution in [2.24, 2.45) is 5.92 Å². The van der Waals surface area contributed by atoms with Crippen LogP contribution >= 0.6 is 0 Å². The molecule has 0 bridgehead atoms. The van der Waals surface area contributed by atoms with E-state index >= 15 is 0 Å². The van der Waals surface area contributed by atoms with E-state index in [4.69, 9.17) is 13.2 Å². The lowest BCUT2D eigenvalue weighted by Gasteiger charge is -2.29. The molecule has 0 N–H and O–H groups in total. The Hall–Kier alpha value is -2.00. The van der Waals surface area contributed by atoms with E-state index in [0.29, 0.717) is 30.4 Å². The minimum absolute atomic E-state index is 0.308. The number of rotatable bonds is 4. The van der Waals surface area contributed by atoms with Crippen molar-refractivity contribution in [3.63, 3.8) is 0 Å². The van der Waals surface area contributed by atoms with Crippen LogP contribution in [0.1, 0.15) is 18.4 Å². The second kappa shape index (κ2) is 6.96. The number of halogens is 1. The van der Waals surface area contributed by atoms with Crippen molar-refractivity contribution in [1.29, 1.82) is 0 Å². The lowest BCUT2D eigenvalue weighted by Crippen LogP contribution is -2.38. The van der Waals surface area contributed by atoms with Crippen LogP contribution in [0.2, 0.25) is 0 Å². The normalized spacial score (nSPS) is 25.0. The minimum atomic E-state index is -3.88. The first kappa shape index (κ1) is 17.4. The lowest BCUT2D eigenvalue weighted by atomic mass is 9.90. The largest absolute Gasteiger partial charge is 0.457 e. The monoisotopic (exact) mass is 379 g/mol. The first-order valence-electron chi connectivity index (χ1n) is 8.39. The van der Waals surface area contributed by atoms with E-state index in [2.05, 4.69) is 0 Å². The molecule has 138 valence electrons. The van der Waals surface area contributed by atoms with Crippen LogP contribution in [-0.4, -0.2) is 26.3 Å². The van der Waals surface area contributed by atoms with Gasteiger partial charge in [0.1, 0.15) is 17.3 Å². The van der Waals surface area contributed by atoms with Gasteiger partial charge in [-0.15, -0.1) is 5.06 Å². The smallest absolute Gasteiger partial charge is 0.418 e. The van der Waals surface area contributed by atoms with Gasteiger partial charge in [-0.3, -0.25) is 0 Å². The fourth-order valence-electron chi connectivity index (χ4n) is 3.30. The van der Waals surface area contributed by atoms with Gasteiger partial charge in [-0.2, -0.15) is 12.7 Å². The summed E-state index contributed by atoms with van der Waals surface area (Å²) in [6.07, 6.45) is 1.71. The van der Waals surface area contributed by atoms with E-state index in [1.807, 2.05) is 24.3 Å². The highest BCUT2D eigenvalue weighted by atomic mass is 32.3. The van der Waals surface area contributed by atoms with E-state index in [1.54, 1.807) is 12.1 Å². The SMILES string of the molecule is O=S1(=O)O[C@H]2C[C@@H](Cc3ccc(Oc4cccc(F)c4)cc3)CCN2O1.